The number of ether oxygens (including phenoxy) is 1. The van der Waals surface area contributed by atoms with Gasteiger partial charge in [-0.3, -0.25) is 0 Å². The molecule has 1 aromatic carbocycles. The Kier molecular flexibility index (Phi) is 8.02. The fourth-order valence-corrected chi connectivity index (χ4v) is 2.63. The van der Waals surface area contributed by atoms with E-state index in [2.05, 4.69) is 59.8 Å². The average molecular weight is 432 g/mol. The van der Waals surface area contributed by atoms with Gasteiger partial charge in [-0.2, -0.15) is 0 Å². The number of benzene rings is 1. The molecule has 0 spiro atoms. The second kappa shape index (κ2) is 8.53. The zero-order valence-electron chi connectivity index (χ0n) is 13.5. The highest BCUT2D eigenvalue weighted by atomic mass is 79.9. The van der Waals surface area contributed by atoms with Crippen molar-refractivity contribution in [3.63, 3.8) is 0 Å². The number of hydrogen-bond acceptors (Lipinski definition) is 2. The molecule has 1 saturated carbocycles. The first-order chi connectivity index (χ1) is 9.68. The van der Waals surface area contributed by atoms with Crippen molar-refractivity contribution in [3.05, 3.63) is 27.7 Å². The first kappa shape index (κ1) is 19.8. The second-order valence-corrected chi connectivity index (χ2v) is 10.9. The Morgan fingerprint density at radius 1 is 1.24 bits per heavy atom. The maximum atomic E-state index is 9.88. The Morgan fingerprint density at radius 2 is 1.67 bits per heavy atom. The van der Waals surface area contributed by atoms with Gasteiger partial charge in [0.15, 0.2) is 0 Å². The van der Waals surface area contributed by atoms with E-state index in [1.54, 1.807) is 0 Å². The SMILES string of the molecule is Cc1cc(O[C@H]2C[C@@H](C(C)(C)O)C2)cc(C)c1Br.[CH3][Mg][Br]. The van der Waals surface area contributed by atoms with Gasteiger partial charge in [0, 0.05) is 4.47 Å². The van der Waals surface area contributed by atoms with E-state index in [-0.39, 0.29) is 24.3 Å². The van der Waals surface area contributed by atoms with E-state index >= 15 is 0 Å². The van der Waals surface area contributed by atoms with Gasteiger partial charge in [0.25, 0.3) is 0 Å². The van der Waals surface area contributed by atoms with Crippen LogP contribution in [0.5, 0.6) is 5.75 Å². The lowest BCUT2D eigenvalue weighted by Gasteiger charge is -2.42. The summed E-state index contributed by atoms with van der Waals surface area (Å²) in [5.74, 6) is 1.30. The van der Waals surface area contributed by atoms with Gasteiger partial charge in [-0.1, -0.05) is 15.9 Å². The first-order valence-corrected chi connectivity index (χ1v) is 13.5. The molecule has 0 bridgehead atoms. The molecule has 0 heterocycles. The molecule has 1 aliphatic rings. The standard InChI is InChI=1S/C15H21BrO2.CH3.BrH.Mg/c1-9-5-12(6-10(2)14(9)16)18-13-7-11(8-13)15(3,4)17;;;/h5-6,11,13,17H,7-8H2,1-4H3;1H3;1H;/q;;;+1/p-1/t11-,13+;;;. The van der Waals surface area contributed by atoms with Crippen molar-refractivity contribution >= 4 is 47.0 Å². The van der Waals surface area contributed by atoms with Crippen LogP contribution in [0.4, 0.5) is 0 Å². The highest BCUT2D eigenvalue weighted by Crippen LogP contribution is 2.39. The summed E-state index contributed by atoms with van der Waals surface area (Å²) < 4.78 is 7.11. The van der Waals surface area contributed by atoms with Crippen LogP contribution < -0.4 is 4.74 Å². The number of aliphatic hydroxyl groups is 1. The molecule has 1 fully saturated rings. The summed E-state index contributed by atoms with van der Waals surface area (Å²) in [5.41, 5.74) is 1.82. The molecule has 0 atom stereocenters. The molecular formula is C16H24Br2MgO2. The molecule has 2 rings (SSSR count). The van der Waals surface area contributed by atoms with Crippen LogP contribution in [0.2, 0.25) is 5.05 Å². The van der Waals surface area contributed by atoms with Crippen LogP contribution in [0.25, 0.3) is 0 Å². The molecule has 1 aromatic rings. The Balaban J connectivity index is 0.000000677. The Labute approximate surface area is 152 Å². The molecule has 1 N–H and O–H groups in total. The van der Waals surface area contributed by atoms with Crippen LogP contribution in [0.15, 0.2) is 16.6 Å². The second-order valence-electron chi connectivity index (χ2n) is 6.20. The number of aryl methyl sites for hydroxylation is 2. The highest BCUT2D eigenvalue weighted by molar-refractivity contribution is 9.23. The predicted octanol–water partition coefficient (Wildman–Crippen LogP) is 5.04. The zero-order chi connectivity index (χ0) is 16.2. The van der Waals surface area contributed by atoms with Crippen LogP contribution in [-0.2, 0) is 0 Å². The molecule has 21 heavy (non-hydrogen) atoms. The van der Waals surface area contributed by atoms with Gasteiger partial charge in [0.05, 0.1) is 11.7 Å². The van der Waals surface area contributed by atoms with Crippen LogP contribution in [0, 0.1) is 19.8 Å². The molecule has 116 valence electrons. The fraction of sp³-hybridized carbons (Fsp3) is 0.625. The number of hydrogen-bond donors (Lipinski definition) is 1. The molecule has 5 heteroatoms. The molecular weight excluding hydrogens is 408 g/mol. The molecule has 2 nitrogen and oxygen atoms in total. The van der Waals surface area contributed by atoms with Gasteiger partial charge >= 0.3 is 18.2 Å². The third-order valence-electron chi connectivity index (χ3n) is 3.81. The lowest BCUT2D eigenvalue weighted by Crippen LogP contribution is -2.45. The van der Waals surface area contributed by atoms with Crippen molar-refractivity contribution in [1.82, 2.24) is 0 Å². The van der Waals surface area contributed by atoms with Gasteiger partial charge < -0.3 is 22.7 Å². The molecule has 0 aromatic heterocycles. The van der Waals surface area contributed by atoms with Crippen molar-refractivity contribution in [2.45, 2.75) is 57.3 Å². The Morgan fingerprint density at radius 3 is 2.05 bits per heavy atom. The smallest absolute Gasteiger partial charge is 0.465 e. The van der Waals surface area contributed by atoms with Crippen LogP contribution in [0.1, 0.15) is 37.8 Å². The third kappa shape index (κ3) is 6.02. The van der Waals surface area contributed by atoms with Gasteiger partial charge in [-0.05, 0) is 69.7 Å². The summed E-state index contributed by atoms with van der Waals surface area (Å²) in [4.78, 5) is 0. The highest BCUT2D eigenvalue weighted by Gasteiger charge is 2.40. The largest absolute Gasteiger partial charge is 0.490 e. The molecule has 0 aliphatic heterocycles. The number of halogens is 2. The molecule has 0 unspecified atom stereocenters. The lowest BCUT2D eigenvalue weighted by atomic mass is 9.72. The minimum absolute atomic E-state index is 0.229. The summed E-state index contributed by atoms with van der Waals surface area (Å²) in [6.07, 6.45) is 2.14. The summed E-state index contributed by atoms with van der Waals surface area (Å²) >= 11 is 7.07. The zero-order valence-corrected chi connectivity index (χ0v) is 18.1. The minimum Gasteiger partial charge on any atom is -0.490 e. The third-order valence-corrected chi connectivity index (χ3v) is 5.06. The van der Waals surface area contributed by atoms with Gasteiger partial charge in [0.1, 0.15) is 5.75 Å². The summed E-state index contributed by atoms with van der Waals surface area (Å²) in [6.45, 7) is 7.90. The summed E-state index contributed by atoms with van der Waals surface area (Å²) in [6, 6.07) is 4.13. The van der Waals surface area contributed by atoms with Crippen LogP contribution in [0.3, 0.4) is 0 Å². The summed E-state index contributed by atoms with van der Waals surface area (Å²) in [7, 11) is 0. The monoisotopic (exact) mass is 430 g/mol. The van der Waals surface area contributed by atoms with E-state index in [1.165, 1.54) is 11.1 Å². The van der Waals surface area contributed by atoms with Gasteiger partial charge in [-0.15, -0.1) is 5.05 Å². The molecule has 1 aliphatic carbocycles. The Bertz CT molecular complexity index is 443. The Hall–Kier alpha value is 0.706. The summed E-state index contributed by atoms with van der Waals surface area (Å²) in [5, 5.41) is 12.1. The first-order valence-electron chi connectivity index (χ1n) is 7.40. The van der Waals surface area contributed by atoms with Gasteiger partial charge in [0.2, 0.25) is 0 Å². The maximum Gasteiger partial charge on any atom is 0.465 e. The van der Waals surface area contributed by atoms with E-state index in [1.807, 2.05) is 13.8 Å². The molecule has 0 amide bonds. The van der Waals surface area contributed by atoms with Crippen LogP contribution >= 0.6 is 28.8 Å². The molecule has 0 radical (unpaired) electrons. The van der Waals surface area contributed by atoms with Crippen molar-refractivity contribution in [1.29, 1.82) is 0 Å². The van der Waals surface area contributed by atoms with E-state index < -0.39 is 5.60 Å². The lowest BCUT2D eigenvalue weighted by molar-refractivity contribution is -0.0673. The van der Waals surface area contributed by atoms with E-state index in [0.29, 0.717) is 5.92 Å². The van der Waals surface area contributed by atoms with Crippen molar-refractivity contribution in [2.24, 2.45) is 5.92 Å². The molecule has 0 saturated heterocycles. The predicted molar refractivity (Wildman–Crippen MR) is 97.6 cm³/mol. The van der Waals surface area contributed by atoms with Gasteiger partial charge in [-0.25, -0.2) is 0 Å². The van der Waals surface area contributed by atoms with E-state index in [9.17, 15) is 5.11 Å². The van der Waals surface area contributed by atoms with Crippen LogP contribution in [-0.4, -0.2) is 35.0 Å². The minimum atomic E-state index is -0.578. The fourth-order valence-electron chi connectivity index (χ4n) is 2.41. The quantitative estimate of drug-likeness (QED) is 0.678. The normalized spacial score (nSPS) is 20.8. The van der Waals surface area contributed by atoms with Crippen molar-refractivity contribution < 1.29 is 9.84 Å². The van der Waals surface area contributed by atoms with Crippen molar-refractivity contribution in [3.8, 4) is 5.75 Å². The van der Waals surface area contributed by atoms with E-state index in [0.717, 1.165) is 23.1 Å². The maximum absolute atomic E-state index is 9.88. The van der Waals surface area contributed by atoms with E-state index in [4.69, 9.17) is 4.74 Å². The van der Waals surface area contributed by atoms with Crippen molar-refractivity contribution in [2.75, 3.05) is 0 Å². The number of rotatable bonds is 3. The average Bonchev–Trinajstić information content (AvgIpc) is 2.29. The topological polar surface area (TPSA) is 29.5 Å².